The number of hydrogen-bond acceptors (Lipinski definition) is 6. The number of aromatic nitrogens is 1. The van der Waals surface area contributed by atoms with Crippen LogP contribution in [0, 0.1) is 17.6 Å². The van der Waals surface area contributed by atoms with Gasteiger partial charge in [-0.1, -0.05) is 36.4 Å². The fraction of sp³-hybridized carbons (Fsp3) is 0.207. The van der Waals surface area contributed by atoms with E-state index in [-0.39, 0.29) is 30.7 Å². The molecule has 1 amide bonds. The number of nitrogens with one attached hydrogen (secondary N) is 1. The van der Waals surface area contributed by atoms with Gasteiger partial charge in [-0.3, -0.25) is 9.59 Å². The molecule has 39 heavy (non-hydrogen) atoms. The number of nitrogens with zero attached hydrogens (tertiary/aromatic N) is 1. The molecular formula is C29H27F2N3O4S. The zero-order valence-electron chi connectivity index (χ0n) is 20.9. The van der Waals surface area contributed by atoms with E-state index in [1.54, 1.807) is 42.6 Å². The lowest BCUT2D eigenvalue weighted by Crippen LogP contribution is -2.33. The molecule has 7 nitrogen and oxygen atoms in total. The third kappa shape index (κ3) is 7.23. The lowest BCUT2D eigenvalue weighted by atomic mass is 9.92. The van der Waals surface area contributed by atoms with Gasteiger partial charge in [-0.15, -0.1) is 0 Å². The molecule has 0 saturated heterocycles. The van der Waals surface area contributed by atoms with E-state index in [1.165, 1.54) is 18.2 Å². The molecule has 0 unspecified atom stereocenters. The second kappa shape index (κ2) is 12.1. The van der Waals surface area contributed by atoms with Crippen LogP contribution in [0.15, 0.2) is 83.9 Å². The first-order valence-corrected chi connectivity index (χ1v) is 13.9. The third-order valence-electron chi connectivity index (χ3n) is 6.39. The van der Waals surface area contributed by atoms with E-state index in [1.807, 2.05) is 6.07 Å². The van der Waals surface area contributed by atoms with Crippen LogP contribution < -0.4 is 11.1 Å². The molecule has 0 spiro atoms. The lowest BCUT2D eigenvalue weighted by Gasteiger charge is -2.17. The number of carbonyl (C=O) groups excluding carboxylic acids is 2. The number of benzene rings is 3. The molecule has 0 saturated carbocycles. The number of pyridine rings is 1. The quantitative estimate of drug-likeness (QED) is 0.285. The van der Waals surface area contributed by atoms with Crippen LogP contribution in [-0.4, -0.2) is 30.8 Å². The van der Waals surface area contributed by atoms with Gasteiger partial charge in [-0.2, -0.15) is 0 Å². The Morgan fingerprint density at radius 3 is 2.41 bits per heavy atom. The van der Waals surface area contributed by atoms with Gasteiger partial charge in [0.1, 0.15) is 11.6 Å². The van der Waals surface area contributed by atoms with Gasteiger partial charge in [-0.25, -0.2) is 22.2 Å². The van der Waals surface area contributed by atoms with Crippen molar-refractivity contribution in [1.82, 2.24) is 10.3 Å². The highest BCUT2D eigenvalue weighted by Crippen LogP contribution is 2.21. The summed E-state index contributed by atoms with van der Waals surface area (Å²) in [4.78, 5) is 30.1. The Kier molecular flexibility index (Phi) is 8.65. The number of ketones is 1. The maximum Gasteiger partial charge on any atom is 0.224 e. The molecule has 0 radical (unpaired) electrons. The molecule has 202 valence electrons. The first-order chi connectivity index (χ1) is 18.6. The monoisotopic (exact) mass is 551 g/mol. The fourth-order valence-electron chi connectivity index (χ4n) is 4.27. The summed E-state index contributed by atoms with van der Waals surface area (Å²) in [5.74, 6) is -3.89. The first kappa shape index (κ1) is 27.8. The van der Waals surface area contributed by atoms with Crippen molar-refractivity contribution in [3.8, 4) is 0 Å². The molecule has 0 fully saturated rings. The molecule has 3 N–H and O–H groups in total. The number of hydrogen-bond donors (Lipinski definition) is 2. The fourth-order valence-corrected chi connectivity index (χ4v) is 5.58. The summed E-state index contributed by atoms with van der Waals surface area (Å²) >= 11 is 0. The topological polar surface area (TPSA) is 119 Å². The Labute approximate surface area is 225 Å². The van der Waals surface area contributed by atoms with Gasteiger partial charge < -0.3 is 11.1 Å². The van der Waals surface area contributed by atoms with Crippen LogP contribution >= 0.6 is 0 Å². The first-order valence-electron chi connectivity index (χ1n) is 12.3. The number of amides is 1. The van der Waals surface area contributed by atoms with Crippen molar-refractivity contribution in [1.29, 1.82) is 0 Å². The third-order valence-corrected chi connectivity index (χ3v) is 8.12. The smallest absolute Gasteiger partial charge is 0.224 e. The Bertz CT molecular complexity index is 1610. The Hall–Kier alpha value is -4.18. The largest absolute Gasteiger partial charge is 0.383 e. The van der Waals surface area contributed by atoms with E-state index in [4.69, 9.17) is 5.73 Å². The average molecular weight is 552 g/mol. The minimum Gasteiger partial charge on any atom is -0.383 e. The molecule has 0 aliphatic heterocycles. The van der Waals surface area contributed by atoms with Gasteiger partial charge in [0.15, 0.2) is 21.5 Å². The Balaban J connectivity index is 1.46. The predicted octanol–water partition coefficient (Wildman–Crippen LogP) is 4.39. The summed E-state index contributed by atoms with van der Waals surface area (Å²) < 4.78 is 52.4. The van der Waals surface area contributed by atoms with Crippen molar-refractivity contribution in [2.24, 2.45) is 5.92 Å². The summed E-state index contributed by atoms with van der Waals surface area (Å²) in [7, 11) is -3.67. The molecule has 3 aromatic carbocycles. The highest BCUT2D eigenvalue weighted by Gasteiger charge is 2.24. The minimum absolute atomic E-state index is 0.0276. The van der Waals surface area contributed by atoms with Crippen molar-refractivity contribution in [3.05, 3.63) is 102 Å². The molecule has 1 atom stereocenters. The molecule has 1 heterocycles. The maximum atomic E-state index is 13.8. The highest BCUT2D eigenvalue weighted by molar-refractivity contribution is 7.91. The standard InChI is InChI=1S/C29H27F2N3O4S/c30-26-9-7-19(16-27(26)31)14-22(17-23(35)11-13-39(37,38)24-4-2-1-3-5-24)29(36)34-18-20-6-8-25-21(15-20)10-12-33-28(25)32/h1-10,12,15-16,22H,11,13-14,17-18H2,(H2,32,33)(H,34,36)/t22-/m1/s1. The van der Waals surface area contributed by atoms with Crippen LogP contribution in [0.5, 0.6) is 0 Å². The second-order valence-corrected chi connectivity index (χ2v) is 11.4. The molecule has 4 rings (SSSR count). The van der Waals surface area contributed by atoms with Crippen molar-refractivity contribution < 1.29 is 26.8 Å². The number of sulfone groups is 1. The highest BCUT2D eigenvalue weighted by atomic mass is 32.2. The zero-order chi connectivity index (χ0) is 28.0. The lowest BCUT2D eigenvalue weighted by molar-refractivity contribution is -0.129. The van der Waals surface area contributed by atoms with Crippen LogP contribution in [0.1, 0.15) is 24.0 Å². The number of Topliss-reactive ketones (excluding diaryl/α,β-unsaturated/α-hetero) is 1. The van der Waals surface area contributed by atoms with Crippen molar-refractivity contribution >= 4 is 38.1 Å². The predicted molar refractivity (Wildman–Crippen MR) is 144 cm³/mol. The van der Waals surface area contributed by atoms with Crippen LogP contribution in [0.4, 0.5) is 14.6 Å². The molecule has 10 heteroatoms. The molecule has 0 aliphatic carbocycles. The van der Waals surface area contributed by atoms with Gasteiger partial charge >= 0.3 is 0 Å². The van der Waals surface area contributed by atoms with Gasteiger partial charge in [-0.05, 0) is 59.3 Å². The summed E-state index contributed by atoms with van der Waals surface area (Å²) in [6, 6.07) is 18.3. The molecule has 0 bridgehead atoms. The summed E-state index contributed by atoms with van der Waals surface area (Å²) in [5, 5.41) is 4.43. The van der Waals surface area contributed by atoms with Crippen LogP contribution in [0.2, 0.25) is 0 Å². The van der Waals surface area contributed by atoms with Crippen molar-refractivity contribution in [2.75, 3.05) is 11.5 Å². The van der Waals surface area contributed by atoms with E-state index >= 15 is 0 Å². The van der Waals surface area contributed by atoms with E-state index in [9.17, 15) is 26.8 Å². The number of anilines is 1. The minimum atomic E-state index is -3.67. The number of carbonyl (C=O) groups is 2. The van der Waals surface area contributed by atoms with Crippen LogP contribution in [0.3, 0.4) is 0 Å². The van der Waals surface area contributed by atoms with Gasteiger partial charge in [0, 0.05) is 36.9 Å². The van der Waals surface area contributed by atoms with E-state index in [0.717, 1.165) is 28.5 Å². The molecule has 4 aromatic rings. The van der Waals surface area contributed by atoms with Crippen molar-refractivity contribution in [3.63, 3.8) is 0 Å². The Morgan fingerprint density at radius 2 is 1.67 bits per heavy atom. The van der Waals surface area contributed by atoms with E-state index < -0.39 is 44.8 Å². The number of nitrogen functional groups attached to an aromatic ring is 1. The average Bonchev–Trinajstić information content (AvgIpc) is 2.93. The van der Waals surface area contributed by atoms with E-state index in [2.05, 4.69) is 10.3 Å². The summed E-state index contributed by atoms with van der Waals surface area (Å²) in [6.07, 6.45) is 1.02. The Morgan fingerprint density at radius 1 is 0.923 bits per heavy atom. The summed E-state index contributed by atoms with van der Waals surface area (Å²) in [5.41, 5.74) is 7.02. The van der Waals surface area contributed by atoms with Crippen LogP contribution in [-0.2, 0) is 32.4 Å². The van der Waals surface area contributed by atoms with E-state index in [0.29, 0.717) is 11.4 Å². The van der Waals surface area contributed by atoms with Gasteiger partial charge in [0.05, 0.1) is 10.6 Å². The SMILES string of the molecule is Nc1nccc2cc(CNC(=O)[C@@H](CC(=O)CCS(=O)(=O)c3ccccc3)Cc3ccc(F)c(F)c3)ccc12. The molecular weight excluding hydrogens is 524 g/mol. The van der Waals surface area contributed by atoms with Gasteiger partial charge in [0.25, 0.3) is 0 Å². The normalized spacial score (nSPS) is 12.3. The molecule has 0 aliphatic rings. The summed E-state index contributed by atoms with van der Waals surface area (Å²) in [6.45, 7) is 0.155. The number of rotatable bonds is 11. The maximum absolute atomic E-state index is 13.8. The number of nitrogens with two attached hydrogens (primary N) is 1. The number of halogens is 2. The number of fused-ring (bicyclic) bond motifs is 1. The zero-order valence-corrected chi connectivity index (χ0v) is 21.8. The second-order valence-electron chi connectivity index (χ2n) is 9.24. The van der Waals surface area contributed by atoms with Gasteiger partial charge in [0.2, 0.25) is 5.91 Å². The van der Waals surface area contributed by atoms with Crippen LogP contribution in [0.25, 0.3) is 10.8 Å². The molecule has 1 aromatic heterocycles. The van der Waals surface area contributed by atoms with Crippen molar-refractivity contribution in [2.45, 2.75) is 30.7 Å².